The Labute approximate surface area is 162 Å². The predicted octanol–water partition coefficient (Wildman–Crippen LogP) is 2.52. The van der Waals surface area contributed by atoms with Crippen molar-refractivity contribution in [3.8, 4) is 22.3 Å². The number of sulfonamides is 1. The fourth-order valence-electron chi connectivity index (χ4n) is 2.99. The van der Waals surface area contributed by atoms with E-state index >= 15 is 0 Å². The summed E-state index contributed by atoms with van der Waals surface area (Å²) >= 11 is 0. The molecule has 4 rings (SSSR count). The number of nitrogens with two attached hydrogens (primary N) is 1. The van der Waals surface area contributed by atoms with Gasteiger partial charge in [-0.1, -0.05) is 6.07 Å². The monoisotopic (exact) mass is 394 g/mol. The Morgan fingerprint density at radius 1 is 1.00 bits per heavy atom. The van der Waals surface area contributed by atoms with Gasteiger partial charge in [0.15, 0.2) is 0 Å². The zero-order valence-electron chi connectivity index (χ0n) is 15.3. The van der Waals surface area contributed by atoms with Gasteiger partial charge in [-0.25, -0.2) is 17.7 Å². The molecule has 3 N–H and O–H groups in total. The lowest BCUT2D eigenvalue weighted by molar-refractivity contribution is 0.521. The van der Waals surface area contributed by atoms with Gasteiger partial charge in [0.1, 0.15) is 10.7 Å². The first-order valence-electron chi connectivity index (χ1n) is 8.44. The summed E-state index contributed by atoms with van der Waals surface area (Å²) in [4.78, 5) is 8.49. The Bertz CT molecular complexity index is 1270. The summed E-state index contributed by atoms with van der Waals surface area (Å²) in [6.07, 6.45) is 6.87. The minimum absolute atomic E-state index is 0.0173. The number of hydrogen-bond acceptors (Lipinski definition) is 6. The first kappa shape index (κ1) is 18.1. The van der Waals surface area contributed by atoms with E-state index in [0.29, 0.717) is 5.56 Å². The number of H-pyrrole nitrogens is 1. The number of nitrogen functional groups attached to an aromatic ring is 1. The number of pyridine rings is 2. The van der Waals surface area contributed by atoms with Crippen molar-refractivity contribution in [3.63, 3.8) is 0 Å². The molecule has 4 aromatic rings. The van der Waals surface area contributed by atoms with Crippen LogP contribution in [0.3, 0.4) is 0 Å². The maximum atomic E-state index is 12.5. The van der Waals surface area contributed by atoms with Crippen LogP contribution in [0.2, 0.25) is 0 Å². The largest absolute Gasteiger partial charge is 0.383 e. The maximum absolute atomic E-state index is 12.5. The van der Waals surface area contributed by atoms with E-state index in [1.165, 1.54) is 14.1 Å². The zero-order chi connectivity index (χ0) is 19.9. The predicted molar refractivity (Wildman–Crippen MR) is 108 cm³/mol. The van der Waals surface area contributed by atoms with Gasteiger partial charge in [-0.05, 0) is 35.4 Å². The number of nitrogens with one attached hydrogen (secondary N) is 1. The van der Waals surface area contributed by atoms with Gasteiger partial charge in [0.05, 0.1) is 11.7 Å². The molecule has 0 radical (unpaired) electrons. The second kappa shape index (κ2) is 6.70. The average molecular weight is 394 g/mol. The molecule has 142 valence electrons. The Balaban J connectivity index is 1.90. The SMILES string of the molecule is CN(C)S(=O)(=O)c1cc(-c2ccc3nccc(-c4cn[nH]c4)c3c2)cnc1N. The van der Waals surface area contributed by atoms with Gasteiger partial charge in [0.2, 0.25) is 10.0 Å². The van der Waals surface area contributed by atoms with Crippen LogP contribution in [0.5, 0.6) is 0 Å². The lowest BCUT2D eigenvalue weighted by atomic mass is 9.99. The number of nitrogens with zero attached hydrogens (tertiary/aromatic N) is 4. The molecule has 0 fully saturated rings. The third kappa shape index (κ3) is 3.00. The number of aromatic nitrogens is 4. The van der Waals surface area contributed by atoms with Crippen molar-refractivity contribution in [2.24, 2.45) is 0 Å². The minimum Gasteiger partial charge on any atom is -0.383 e. The molecule has 0 aliphatic heterocycles. The van der Waals surface area contributed by atoms with Crippen molar-refractivity contribution in [3.05, 3.63) is 55.1 Å². The van der Waals surface area contributed by atoms with E-state index in [9.17, 15) is 8.42 Å². The molecule has 9 heteroatoms. The van der Waals surface area contributed by atoms with E-state index in [4.69, 9.17) is 5.73 Å². The van der Waals surface area contributed by atoms with Crippen LogP contribution in [0.1, 0.15) is 0 Å². The second-order valence-corrected chi connectivity index (χ2v) is 8.59. The molecular weight excluding hydrogens is 376 g/mol. The van der Waals surface area contributed by atoms with E-state index in [1.54, 1.807) is 24.7 Å². The minimum atomic E-state index is -3.70. The Morgan fingerprint density at radius 3 is 2.54 bits per heavy atom. The molecule has 0 amide bonds. The lowest BCUT2D eigenvalue weighted by Crippen LogP contribution is -2.23. The topological polar surface area (TPSA) is 118 Å². The first-order chi connectivity index (χ1) is 13.4. The third-order valence-electron chi connectivity index (χ3n) is 4.52. The van der Waals surface area contributed by atoms with E-state index in [2.05, 4.69) is 20.2 Å². The van der Waals surface area contributed by atoms with Crippen LogP contribution in [0.4, 0.5) is 5.82 Å². The summed E-state index contributed by atoms with van der Waals surface area (Å²) in [5, 5.41) is 7.75. The lowest BCUT2D eigenvalue weighted by Gasteiger charge is -2.14. The summed E-state index contributed by atoms with van der Waals surface area (Å²) in [5.41, 5.74) is 10.0. The van der Waals surface area contributed by atoms with Crippen LogP contribution in [0.15, 0.2) is 60.0 Å². The van der Waals surface area contributed by atoms with Crippen LogP contribution >= 0.6 is 0 Å². The highest BCUT2D eigenvalue weighted by Crippen LogP contribution is 2.32. The molecule has 8 nitrogen and oxygen atoms in total. The number of hydrogen-bond donors (Lipinski definition) is 2. The van der Waals surface area contributed by atoms with E-state index in [-0.39, 0.29) is 10.7 Å². The van der Waals surface area contributed by atoms with Gasteiger partial charge in [-0.2, -0.15) is 5.10 Å². The fraction of sp³-hybridized carbons (Fsp3) is 0.105. The molecule has 0 spiro atoms. The van der Waals surface area contributed by atoms with E-state index < -0.39 is 10.0 Å². The zero-order valence-corrected chi connectivity index (χ0v) is 16.1. The molecule has 0 atom stereocenters. The normalized spacial score (nSPS) is 12.0. The van der Waals surface area contributed by atoms with E-state index in [1.807, 2.05) is 30.5 Å². The van der Waals surface area contributed by atoms with Crippen LogP contribution < -0.4 is 5.73 Å². The van der Waals surface area contributed by atoms with Gasteiger partial charge < -0.3 is 5.73 Å². The highest BCUT2D eigenvalue weighted by molar-refractivity contribution is 7.89. The molecule has 3 aromatic heterocycles. The van der Waals surface area contributed by atoms with Crippen molar-refractivity contribution in [2.75, 3.05) is 19.8 Å². The molecule has 0 saturated carbocycles. The van der Waals surface area contributed by atoms with Crippen molar-refractivity contribution >= 4 is 26.7 Å². The Hall–Kier alpha value is -3.30. The number of benzene rings is 1. The molecule has 0 aliphatic carbocycles. The van der Waals surface area contributed by atoms with Gasteiger partial charge in [-0.15, -0.1) is 0 Å². The van der Waals surface area contributed by atoms with Crippen LogP contribution in [0.25, 0.3) is 33.2 Å². The molecule has 0 saturated heterocycles. The van der Waals surface area contributed by atoms with Crippen LogP contribution in [0, 0.1) is 0 Å². The standard InChI is InChI=1S/C19H18N6O2S/c1-25(2)28(26,27)18-8-13(9-22-19(18)20)12-3-4-17-16(7-12)15(5-6-21-17)14-10-23-24-11-14/h3-11H,1-2H3,(H2,20,22)(H,23,24). The second-order valence-electron chi connectivity index (χ2n) is 6.47. The number of fused-ring (bicyclic) bond motifs is 1. The van der Waals surface area contributed by atoms with Gasteiger partial charge in [0, 0.05) is 49.2 Å². The van der Waals surface area contributed by atoms with Crippen molar-refractivity contribution in [1.29, 1.82) is 0 Å². The highest BCUT2D eigenvalue weighted by atomic mass is 32.2. The van der Waals surface area contributed by atoms with Crippen LogP contribution in [-0.2, 0) is 10.0 Å². The molecule has 0 unspecified atom stereocenters. The van der Waals surface area contributed by atoms with Gasteiger partial charge in [0.25, 0.3) is 0 Å². The van der Waals surface area contributed by atoms with Crippen LogP contribution in [-0.4, -0.2) is 47.0 Å². The van der Waals surface area contributed by atoms with Crippen molar-refractivity contribution in [2.45, 2.75) is 4.90 Å². The summed E-state index contributed by atoms with van der Waals surface area (Å²) in [6.45, 7) is 0. The molecule has 3 heterocycles. The first-order valence-corrected chi connectivity index (χ1v) is 9.88. The molecule has 28 heavy (non-hydrogen) atoms. The quantitative estimate of drug-likeness (QED) is 0.549. The number of anilines is 1. The van der Waals surface area contributed by atoms with Gasteiger partial charge in [-0.3, -0.25) is 10.1 Å². The molecular formula is C19H18N6O2S. The smallest absolute Gasteiger partial charge is 0.246 e. The maximum Gasteiger partial charge on any atom is 0.246 e. The molecule has 0 bridgehead atoms. The number of rotatable bonds is 4. The average Bonchev–Trinajstić information content (AvgIpc) is 3.22. The van der Waals surface area contributed by atoms with Crippen molar-refractivity contribution in [1.82, 2.24) is 24.5 Å². The third-order valence-corrected chi connectivity index (χ3v) is 6.37. The van der Waals surface area contributed by atoms with E-state index in [0.717, 1.165) is 31.9 Å². The fourth-order valence-corrected chi connectivity index (χ4v) is 3.98. The number of aromatic amines is 1. The summed E-state index contributed by atoms with van der Waals surface area (Å²) in [6, 6.07) is 9.20. The highest BCUT2D eigenvalue weighted by Gasteiger charge is 2.22. The van der Waals surface area contributed by atoms with Gasteiger partial charge >= 0.3 is 0 Å². The molecule has 1 aromatic carbocycles. The summed E-state index contributed by atoms with van der Waals surface area (Å²) in [7, 11) is -0.786. The summed E-state index contributed by atoms with van der Waals surface area (Å²) in [5.74, 6) is -0.0287. The van der Waals surface area contributed by atoms with Crippen molar-refractivity contribution < 1.29 is 8.42 Å². The Morgan fingerprint density at radius 2 is 1.82 bits per heavy atom. The Kier molecular flexibility index (Phi) is 4.33. The summed E-state index contributed by atoms with van der Waals surface area (Å²) < 4.78 is 26.2. The molecule has 0 aliphatic rings.